The highest BCUT2D eigenvalue weighted by Crippen LogP contribution is 2.32. The smallest absolute Gasteiger partial charge is 0.200 e. The van der Waals surface area contributed by atoms with Crippen molar-refractivity contribution in [2.75, 3.05) is 6.61 Å². The van der Waals surface area contributed by atoms with Gasteiger partial charge in [-0.2, -0.15) is 0 Å². The maximum absolute atomic E-state index is 5.72. The Labute approximate surface area is 185 Å². The van der Waals surface area contributed by atoms with E-state index in [-0.39, 0.29) is 12.0 Å². The van der Waals surface area contributed by atoms with Crippen LogP contribution in [0.15, 0.2) is 42.5 Å². The highest BCUT2D eigenvalue weighted by molar-refractivity contribution is 7.71. The summed E-state index contributed by atoms with van der Waals surface area (Å²) in [5, 5.41) is 1.02. The van der Waals surface area contributed by atoms with E-state index in [1.807, 2.05) is 12.1 Å². The summed E-state index contributed by atoms with van der Waals surface area (Å²) in [6.07, 6.45) is 6.38. The zero-order chi connectivity index (χ0) is 21.9. The van der Waals surface area contributed by atoms with Crippen molar-refractivity contribution in [2.24, 2.45) is 5.41 Å². The summed E-state index contributed by atoms with van der Waals surface area (Å²) >= 11 is 5.72. The molecular formula is C26H30N2OS. The second kappa shape index (κ2) is 9.02. The van der Waals surface area contributed by atoms with Gasteiger partial charge in [0.2, 0.25) is 4.77 Å². The molecule has 0 saturated carbocycles. The summed E-state index contributed by atoms with van der Waals surface area (Å²) in [7, 11) is 0. The number of rotatable bonds is 6. The zero-order valence-corrected chi connectivity index (χ0v) is 19.3. The molecule has 3 rings (SSSR count). The minimum atomic E-state index is 0.211. The van der Waals surface area contributed by atoms with Crippen LogP contribution in [-0.2, 0) is 6.54 Å². The molecule has 0 aliphatic rings. The Bertz CT molecular complexity index is 1130. The Hall–Kier alpha value is -2.64. The third kappa shape index (κ3) is 5.09. The Morgan fingerprint density at radius 3 is 2.43 bits per heavy atom. The molecular weight excluding hydrogens is 388 g/mol. The number of hydrogen-bond donors (Lipinski definition) is 0. The lowest BCUT2D eigenvalue weighted by molar-refractivity contribution is 0.351. The molecule has 0 N–H and O–H groups in total. The van der Waals surface area contributed by atoms with Crippen LogP contribution in [-0.4, -0.2) is 16.2 Å². The van der Waals surface area contributed by atoms with Crippen LogP contribution in [0, 0.1) is 22.5 Å². The van der Waals surface area contributed by atoms with Crippen LogP contribution in [0.2, 0.25) is 0 Å². The normalized spacial score (nSPS) is 11.6. The maximum atomic E-state index is 5.72. The molecule has 3 nitrogen and oxygen atoms in total. The van der Waals surface area contributed by atoms with Gasteiger partial charge in [0.25, 0.3) is 0 Å². The second-order valence-corrected chi connectivity index (χ2v) is 9.52. The van der Waals surface area contributed by atoms with Crippen LogP contribution in [0.1, 0.15) is 52.5 Å². The third-order valence-electron chi connectivity index (χ3n) is 5.21. The van der Waals surface area contributed by atoms with Gasteiger partial charge in [-0.25, -0.2) is 4.98 Å². The zero-order valence-electron chi connectivity index (χ0n) is 18.5. The van der Waals surface area contributed by atoms with Gasteiger partial charge in [0.05, 0.1) is 11.2 Å². The van der Waals surface area contributed by atoms with Gasteiger partial charge in [0, 0.05) is 17.5 Å². The molecule has 0 aliphatic carbocycles. The third-order valence-corrected chi connectivity index (χ3v) is 5.52. The van der Waals surface area contributed by atoms with Crippen LogP contribution >= 0.6 is 12.2 Å². The molecule has 4 heteroatoms. The molecule has 0 spiro atoms. The van der Waals surface area contributed by atoms with Gasteiger partial charge in [0.1, 0.15) is 12.4 Å². The number of fused-ring (bicyclic) bond motifs is 1. The van der Waals surface area contributed by atoms with Crippen LogP contribution in [0.3, 0.4) is 0 Å². The lowest BCUT2D eigenvalue weighted by Crippen LogP contribution is -2.13. The molecule has 0 bridgehead atoms. The largest absolute Gasteiger partial charge is 0.481 e. The number of hydrogen-bond acceptors (Lipinski definition) is 3. The molecule has 0 amide bonds. The number of nitrogens with zero attached hydrogens (tertiary/aromatic N) is 2. The summed E-state index contributed by atoms with van der Waals surface area (Å²) in [5.41, 5.74) is 4.50. The Morgan fingerprint density at radius 2 is 1.83 bits per heavy atom. The first kappa shape index (κ1) is 22.1. The first-order valence-electron chi connectivity index (χ1n) is 10.4. The number of ether oxygens (including phenoxy) is 1. The van der Waals surface area contributed by atoms with E-state index in [2.05, 4.69) is 75.4 Å². The molecule has 156 valence electrons. The van der Waals surface area contributed by atoms with E-state index < -0.39 is 0 Å². The quantitative estimate of drug-likeness (QED) is 0.318. The molecule has 0 atom stereocenters. The predicted octanol–water partition coefficient (Wildman–Crippen LogP) is 7.00. The van der Waals surface area contributed by atoms with Crippen LogP contribution in [0.5, 0.6) is 5.75 Å². The Morgan fingerprint density at radius 1 is 1.13 bits per heavy atom. The van der Waals surface area contributed by atoms with Crippen LogP contribution < -0.4 is 4.74 Å². The van der Waals surface area contributed by atoms with E-state index in [4.69, 9.17) is 28.4 Å². The minimum Gasteiger partial charge on any atom is -0.481 e. The van der Waals surface area contributed by atoms with Crippen LogP contribution in [0.4, 0.5) is 0 Å². The van der Waals surface area contributed by atoms with Crippen molar-refractivity contribution in [3.8, 4) is 29.4 Å². The van der Waals surface area contributed by atoms with Crippen LogP contribution in [0.25, 0.3) is 22.2 Å². The predicted molar refractivity (Wildman–Crippen MR) is 128 cm³/mol. The minimum absolute atomic E-state index is 0.211. The van der Waals surface area contributed by atoms with Crippen molar-refractivity contribution in [1.29, 1.82) is 0 Å². The fraction of sp³-hybridized carbons (Fsp3) is 0.385. The number of aromatic nitrogens is 2. The summed E-state index contributed by atoms with van der Waals surface area (Å²) in [6, 6.07) is 14.6. The van der Waals surface area contributed by atoms with Crippen molar-refractivity contribution in [3.63, 3.8) is 0 Å². The van der Waals surface area contributed by atoms with E-state index in [1.165, 1.54) is 5.56 Å². The van der Waals surface area contributed by atoms with E-state index in [1.54, 1.807) is 0 Å². The summed E-state index contributed by atoms with van der Waals surface area (Å²) in [5.74, 6) is 3.75. The van der Waals surface area contributed by atoms with Crippen molar-refractivity contribution in [1.82, 2.24) is 9.55 Å². The van der Waals surface area contributed by atoms with Gasteiger partial charge < -0.3 is 9.30 Å². The second-order valence-electron chi connectivity index (χ2n) is 9.15. The Balaban J connectivity index is 2.18. The molecule has 0 unspecified atom stereocenters. The monoisotopic (exact) mass is 418 g/mol. The van der Waals surface area contributed by atoms with Crippen molar-refractivity contribution in [2.45, 2.75) is 53.5 Å². The topological polar surface area (TPSA) is 27.1 Å². The van der Waals surface area contributed by atoms with E-state index >= 15 is 0 Å². The fourth-order valence-corrected chi connectivity index (χ4v) is 3.66. The van der Waals surface area contributed by atoms with Gasteiger partial charge in [-0.15, -0.1) is 6.42 Å². The number of terminal acetylenes is 1. The summed E-state index contributed by atoms with van der Waals surface area (Å²) < 4.78 is 8.43. The van der Waals surface area contributed by atoms with Gasteiger partial charge in [0.15, 0.2) is 0 Å². The lowest BCUT2D eigenvalue weighted by Gasteiger charge is -2.21. The first-order valence-corrected chi connectivity index (χ1v) is 10.8. The molecule has 0 aliphatic heterocycles. The SMILES string of the molecule is C#CCOc1ccc2c(c1)c(-c1ccc(C(C)C)cc1)nc(=S)n2CCC(C)(C)C. The van der Waals surface area contributed by atoms with Crippen molar-refractivity contribution >= 4 is 23.1 Å². The molecule has 3 aromatic rings. The van der Waals surface area contributed by atoms with E-state index in [0.717, 1.165) is 40.9 Å². The summed E-state index contributed by atoms with van der Waals surface area (Å²) in [6.45, 7) is 12.2. The maximum Gasteiger partial charge on any atom is 0.200 e. The van der Waals surface area contributed by atoms with Gasteiger partial charge in [-0.1, -0.05) is 64.8 Å². The molecule has 2 aromatic carbocycles. The average Bonchev–Trinajstić information content (AvgIpc) is 2.70. The molecule has 30 heavy (non-hydrogen) atoms. The van der Waals surface area contributed by atoms with Crippen molar-refractivity contribution in [3.05, 3.63) is 52.8 Å². The van der Waals surface area contributed by atoms with Gasteiger partial charge in [-0.3, -0.25) is 0 Å². The fourth-order valence-electron chi connectivity index (χ4n) is 3.38. The lowest BCUT2D eigenvalue weighted by atomic mass is 9.92. The van der Waals surface area contributed by atoms with E-state index in [0.29, 0.717) is 10.7 Å². The Kier molecular flexibility index (Phi) is 6.63. The van der Waals surface area contributed by atoms with Gasteiger partial charge >= 0.3 is 0 Å². The standard InChI is InChI=1S/C26H30N2OS/c1-7-16-29-21-12-13-23-22(17-21)24(20-10-8-19(9-11-20)18(2)3)27-25(30)28(23)15-14-26(4,5)6/h1,8-13,17-18H,14-16H2,2-6H3. The molecule has 0 radical (unpaired) electrons. The highest BCUT2D eigenvalue weighted by atomic mass is 32.1. The van der Waals surface area contributed by atoms with Crippen molar-refractivity contribution < 1.29 is 4.74 Å². The highest BCUT2D eigenvalue weighted by Gasteiger charge is 2.15. The summed E-state index contributed by atoms with van der Waals surface area (Å²) in [4.78, 5) is 4.85. The molecule has 1 aromatic heterocycles. The molecule has 0 fully saturated rings. The number of benzene rings is 2. The average molecular weight is 419 g/mol. The van der Waals surface area contributed by atoms with Gasteiger partial charge in [-0.05, 0) is 53.7 Å². The van der Waals surface area contributed by atoms with E-state index in [9.17, 15) is 0 Å². The number of aryl methyl sites for hydroxylation is 1. The molecule has 0 saturated heterocycles. The molecule has 1 heterocycles. The first-order chi connectivity index (χ1) is 14.2.